The molecule has 228 valence electrons. The number of aryl methyl sites for hydroxylation is 3. The summed E-state index contributed by atoms with van der Waals surface area (Å²) in [6, 6.07) is 13.2. The first-order chi connectivity index (χ1) is 21.4. The lowest BCUT2D eigenvalue weighted by Gasteiger charge is -2.36. The second-order valence-electron chi connectivity index (χ2n) is 12.1. The monoisotopic (exact) mass is 612 g/mol. The summed E-state index contributed by atoms with van der Waals surface area (Å²) >= 11 is 1.51. The van der Waals surface area contributed by atoms with Gasteiger partial charge in [-0.1, -0.05) is 18.6 Å². The van der Waals surface area contributed by atoms with Gasteiger partial charge in [0.15, 0.2) is 5.82 Å². The van der Waals surface area contributed by atoms with Gasteiger partial charge in [-0.3, -0.25) is 14.5 Å². The zero-order chi connectivity index (χ0) is 30.2. The molecule has 1 aromatic carbocycles. The third-order valence-corrected chi connectivity index (χ3v) is 10.2. The Bertz CT molecular complexity index is 1710. The second-order valence-corrected chi connectivity index (χ2v) is 13.2. The first-order valence-electron chi connectivity index (χ1n) is 15.6. The Morgan fingerprint density at radius 2 is 1.82 bits per heavy atom. The van der Waals surface area contributed by atoms with Crippen molar-refractivity contribution >= 4 is 40.1 Å². The van der Waals surface area contributed by atoms with E-state index in [1.807, 2.05) is 24.4 Å². The molecule has 44 heavy (non-hydrogen) atoms. The number of anilines is 4. The first-order valence-corrected chi connectivity index (χ1v) is 16.4. The third kappa shape index (κ3) is 6.01. The number of hydrogen-bond acceptors (Lipinski definition) is 7. The molecular formula is C34H37FN6O2S. The first kappa shape index (κ1) is 28.7. The summed E-state index contributed by atoms with van der Waals surface area (Å²) in [5, 5.41) is 5.92. The molecule has 1 saturated heterocycles. The normalized spacial score (nSPS) is 17.2. The fourth-order valence-electron chi connectivity index (χ4n) is 6.33. The van der Waals surface area contributed by atoms with E-state index in [-0.39, 0.29) is 28.4 Å². The number of thiophene rings is 1. The highest BCUT2D eigenvalue weighted by molar-refractivity contribution is 7.14. The highest BCUT2D eigenvalue weighted by Crippen LogP contribution is 2.32. The number of aromatic nitrogens is 2. The van der Waals surface area contributed by atoms with Crippen molar-refractivity contribution in [2.45, 2.75) is 51.0 Å². The molecule has 0 spiro atoms. The van der Waals surface area contributed by atoms with Crippen LogP contribution < -0.4 is 21.1 Å². The third-order valence-electron chi connectivity index (χ3n) is 8.96. The average molecular weight is 613 g/mol. The number of fused-ring (bicyclic) bond motifs is 1. The summed E-state index contributed by atoms with van der Waals surface area (Å²) in [5.74, 6) is -0.315. The van der Waals surface area contributed by atoms with Gasteiger partial charge in [-0.2, -0.15) is 0 Å². The van der Waals surface area contributed by atoms with Gasteiger partial charge in [-0.15, -0.1) is 11.3 Å². The number of benzene rings is 1. The van der Waals surface area contributed by atoms with Crippen LogP contribution in [0.25, 0.3) is 11.1 Å². The zero-order valence-electron chi connectivity index (χ0n) is 24.9. The van der Waals surface area contributed by atoms with Crippen molar-refractivity contribution in [3.63, 3.8) is 0 Å². The Morgan fingerprint density at radius 3 is 2.59 bits per heavy atom. The molecule has 2 fully saturated rings. The molecule has 2 N–H and O–H groups in total. The SMILES string of the molecule is Cn1cc(-c2cccc(NC(=O)c3cc4c(s3)CCCCC4)c2F)cc(Nc2ccc(N3CCN(C4CC4)CC3)cn2)c1=O. The van der Waals surface area contributed by atoms with Crippen LogP contribution >= 0.6 is 11.3 Å². The number of nitrogens with zero attached hydrogens (tertiary/aromatic N) is 4. The van der Waals surface area contributed by atoms with Gasteiger partial charge in [-0.05, 0) is 74.4 Å². The molecule has 1 saturated carbocycles. The van der Waals surface area contributed by atoms with Crippen LogP contribution in [0.4, 0.5) is 27.3 Å². The molecule has 4 heterocycles. The summed E-state index contributed by atoms with van der Waals surface area (Å²) in [6.07, 6.45) is 11.6. The van der Waals surface area contributed by atoms with Gasteiger partial charge in [0.25, 0.3) is 11.5 Å². The fraction of sp³-hybridized carbons (Fsp3) is 0.382. The van der Waals surface area contributed by atoms with Crippen LogP contribution in [0.3, 0.4) is 0 Å². The Kier molecular flexibility index (Phi) is 7.95. The maximum Gasteiger partial charge on any atom is 0.274 e. The molecule has 3 aromatic heterocycles. The Morgan fingerprint density at radius 1 is 1.00 bits per heavy atom. The topological polar surface area (TPSA) is 82.5 Å². The van der Waals surface area contributed by atoms with E-state index in [9.17, 15) is 9.59 Å². The van der Waals surface area contributed by atoms with Crippen molar-refractivity contribution in [3.05, 3.63) is 86.3 Å². The zero-order valence-corrected chi connectivity index (χ0v) is 25.8. The number of hydrogen-bond donors (Lipinski definition) is 2. The minimum absolute atomic E-state index is 0.106. The highest BCUT2D eigenvalue weighted by atomic mass is 32.1. The molecule has 0 radical (unpaired) electrons. The van der Waals surface area contributed by atoms with Crippen molar-refractivity contribution in [2.75, 3.05) is 41.7 Å². The summed E-state index contributed by atoms with van der Waals surface area (Å²) < 4.78 is 17.3. The second kappa shape index (κ2) is 12.2. The van der Waals surface area contributed by atoms with Crippen LogP contribution in [0.1, 0.15) is 52.2 Å². The van der Waals surface area contributed by atoms with E-state index >= 15 is 4.39 Å². The highest BCUT2D eigenvalue weighted by Gasteiger charge is 2.31. The summed E-state index contributed by atoms with van der Waals surface area (Å²) in [7, 11) is 1.64. The minimum Gasteiger partial charge on any atom is -0.368 e. The molecule has 1 aliphatic heterocycles. The van der Waals surface area contributed by atoms with Crippen molar-refractivity contribution < 1.29 is 9.18 Å². The van der Waals surface area contributed by atoms with E-state index in [1.165, 1.54) is 45.6 Å². The average Bonchev–Trinajstić information content (AvgIpc) is 3.85. The van der Waals surface area contributed by atoms with E-state index in [2.05, 4.69) is 25.4 Å². The van der Waals surface area contributed by atoms with Gasteiger partial charge >= 0.3 is 0 Å². The molecule has 10 heteroatoms. The van der Waals surface area contributed by atoms with E-state index in [1.54, 1.807) is 37.5 Å². The predicted molar refractivity (Wildman–Crippen MR) is 175 cm³/mol. The van der Waals surface area contributed by atoms with Crippen molar-refractivity contribution in [1.29, 1.82) is 0 Å². The van der Waals surface area contributed by atoms with Gasteiger partial charge in [0.2, 0.25) is 0 Å². The quantitative estimate of drug-likeness (QED) is 0.242. The maximum absolute atomic E-state index is 15.9. The molecule has 8 nitrogen and oxygen atoms in total. The van der Waals surface area contributed by atoms with E-state index < -0.39 is 5.82 Å². The summed E-state index contributed by atoms with van der Waals surface area (Å²) in [5.41, 5.74) is 3.25. The lowest BCUT2D eigenvalue weighted by molar-refractivity contribution is 0.103. The number of pyridine rings is 2. The minimum atomic E-state index is -0.548. The Labute approximate surface area is 260 Å². The summed E-state index contributed by atoms with van der Waals surface area (Å²) in [6.45, 7) is 4.11. The van der Waals surface area contributed by atoms with E-state index in [4.69, 9.17) is 0 Å². The Balaban J connectivity index is 1.07. The molecule has 0 unspecified atom stereocenters. The summed E-state index contributed by atoms with van der Waals surface area (Å²) in [4.78, 5) is 37.5. The number of rotatable bonds is 7. The number of piperazine rings is 1. The molecular weight excluding hydrogens is 575 g/mol. The molecule has 0 atom stereocenters. The molecule has 7 rings (SSSR count). The lowest BCUT2D eigenvalue weighted by atomic mass is 10.1. The van der Waals surface area contributed by atoms with Gasteiger partial charge in [0, 0.05) is 61.5 Å². The largest absolute Gasteiger partial charge is 0.368 e. The smallest absolute Gasteiger partial charge is 0.274 e. The number of nitrogens with one attached hydrogen (secondary N) is 2. The van der Waals surface area contributed by atoms with Gasteiger partial charge in [-0.25, -0.2) is 9.37 Å². The van der Waals surface area contributed by atoms with Gasteiger partial charge < -0.3 is 20.1 Å². The number of halogens is 1. The molecule has 4 aromatic rings. The molecule has 3 aliphatic rings. The number of carbonyl (C=O) groups is 1. The van der Waals surface area contributed by atoms with Crippen LogP contribution in [0.15, 0.2) is 59.7 Å². The van der Waals surface area contributed by atoms with Crippen LogP contribution in [-0.4, -0.2) is 52.6 Å². The molecule has 2 aliphatic carbocycles. The maximum atomic E-state index is 15.9. The van der Waals surface area contributed by atoms with Gasteiger partial charge in [0.05, 0.1) is 22.4 Å². The van der Waals surface area contributed by atoms with Crippen LogP contribution in [0.2, 0.25) is 0 Å². The Hall–Kier alpha value is -4.02. The number of amides is 1. The van der Waals surface area contributed by atoms with Crippen molar-refractivity contribution in [3.8, 4) is 11.1 Å². The van der Waals surface area contributed by atoms with Gasteiger partial charge in [0.1, 0.15) is 11.5 Å². The lowest BCUT2D eigenvalue weighted by Crippen LogP contribution is -2.47. The molecule has 1 amide bonds. The van der Waals surface area contributed by atoms with Crippen LogP contribution in [-0.2, 0) is 19.9 Å². The van der Waals surface area contributed by atoms with E-state index in [0.717, 1.165) is 63.6 Å². The predicted octanol–water partition coefficient (Wildman–Crippen LogP) is 6.20. The van der Waals surface area contributed by atoms with E-state index in [0.29, 0.717) is 16.3 Å². The standard InChI is InChI=1S/C34H37FN6O2S/c1-39-21-23(26-7-5-8-27(32(26)35)38-33(42)30-19-22-6-3-2-4-9-29(22)44-30)18-28(34(39)43)37-31-13-12-25(20-36-31)41-16-14-40(15-17-41)24-10-11-24/h5,7-8,12-13,18-21,24H,2-4,6,9-11,14-17H2,1H3,(H,36,37)(H,38,42). The number of carbonyl (C=O) groups excluding carboxylic acids is 1. The fourth-order valence-corrected chi connectivity index (χ4v) is 7.48. The molecule has 0 bridgehead atoms. The van der Waals surface area contributed by atoms with Crippen LogP contribution in [0.5, 0.6) is 0 Å². The van der Waals surface area contributed by atoms with Crippen molar-refractivity contribution in [2.24, 2.45) is 7.05 Å². The van der Waals surface area contributed by atoms with Crippen LogP contribution in [0, 0.1) is 5.82 Å². The van der Waals surface area contributed by atoms with Crippen molar-refractivity contribution in [1.82, 2.24) is 14.5 Å².